The summed E-state index contributed by atoms with van der Waals surface area (Å²) in [7, 11) is 0. The molecule has 0 atom stereocenters. The first-order chi connectivity index (χ1) is 11.8. The average molecular weight is 338 g/mol. The number of nitrogens with zero attached hydrogens (tertiary/aromatic N) is 2. The molecule has 1 aromatic heterocycles. The molecular formula is C18H18N4O3. The molecule has 0 aliphatic carbocycles. The fourth-order valence-electron chi connectivity index (χ4n) is 2.64. The van der Waals surface area contributed by atoms with E-state index in [9.17, 15) is 14.4 Å². The maximum Gasteiger partial charge on any atom is 0.324 e. The van der Waals surface area contributed by atoms with Gasteiger partial charge in [-0.1, -0.05) is 6.07 Å². The first-order valence-electron chi connectivity index (χ1n) is 7.79. The van der Waals surface area contributed by atoms with Crippen LogP contribution in [0.5, 0.6) is 0 Å². The van der Waals surface area contributed by atoms with Gasteiger partial charge in [0, 0.05) is 17.4 Å². The summed E-state index contributed by atoms with van der Waals surface area (Å²) in [5.74, 6) is -0.274. The number of anilines is 2. The number of hydrogen-bond donors (Lipinski definition) is 2. The fourth-order valence-corrected chi connectivity index (χ4v) is 2.64. The number of imide groups is 1. The molecule has 2 N–H and O–H groups in total. The zero-order chi connectivity index (χ0) is 18.2. The molecule has 0 saturated carbocycles. The molecule has 4 amide bonds. The number of urea groups is 1. The Labute approximate surface area is 145 Å². The molecule has 0 radical (unpaired) electrons. The summed E-state index contributed by atoms with van der Waals surface area (Å²) in [5.41, 5.74) is 0.437. The molecule has 0 fully saturated rings. The van der Waals surface area contributed by atoms with E-state index in [2.05, 4.69) is 15.6 Å². The summed E-state index contributed by atoms with van der Waals surface area (Å²) in [6.45, 7) is 5.40. The molecule has 7 heteroatoms. The molecule has 1 aliphatic rings. The van der Waals surface area contributed by atoms with Crippen LogP contribution < -0.4 is 10.6 Å². The van der Waals surface area contributed by atoms with Crippen molar-refractivity contribution < 1.29 is 14.4 Å². The highest BCUT2D eigenvalue weighted by molar-refractivity contribution is 6.22. The lowest BCUT2D eigenvalue weighted by Crippen LogP contribution is -2.45. The number of rotatable bonds is 2. The lowest BCUT2D eigenvalue weighted by Gasteiger charge is -2.29. The molecular weight excluding hydrogens is 320 g/mol. The first-order valence-corrected chi connectivity index (χ1v) is 7.79. The second kappa shape index (κ2) is 6.01. The van der Waals surface area contributed by atoms with E-state index in [4.69, 9.17) is 0 Å². The summed E-state index contributed by atoms with van der Waals surface area (Å²) in [4.78, 5) is 42.2. The van der Waals surface area contributed by atoms with Crippen LogP contribution in [0, 0.1) is 0 Å². The van der Waals surface area contributed by atoms with Crippen molar-refractivity contribution in [1.29, 1.82) is 0 Å². The van der Waals surface area contributed by atoms with Crippen molar-refractivity contribution in [2.24, 2.45) is 0 Å². The normalized spacial score (nSPS) is 13.6. The lowest BCUT2D eigenvalue weighted by molar-refractivity contribution is 0.0507. The Hall–Kier alpha value is -3.22. The number of amides is 4. The van der Waals surface area contributed by atoms with E-state index in [0.29, 0.717) is 17.1 Å². The van der Waals surface area contributed by atoms with Crippen LogP contribution in [0.3, 0.4) is 0 Å². The highest BCUT2D eigenvalue weighted by Gasteiger charge is 2.41. The van der Waals surface area contributed by atoms with Gasteiger partial charge < -0.3 is 5.32 Å². The van der Waals surface area contributed by atoms with Gasteiger partial charge in [-0.05, 0) is 51.1 Å². The van der Waals surface area contributed by atoms with Crippen LogP contribution in [-0.2, 0) is 0 Å². The summed E-state index contributed by atoms with van der Waals surface area (Å²) >= 11 is 0. The Morgan fingerprint density at radius 2 is 1.72 bits per heavy atom. The van der Waals surface area contributed by atoms with Crippen LogP contribution in [0.25, 0.3) is 0 Å². The highest BCUT2D eigenvalue weighted by atomic mass is 16.2. The Morgan fingerprint density at radius 3 is 2.36 bits per heavy atom. The van der Waals surface area contributed by atoms with Crippen LogP contribution in [0.1, 0.15) is 41.5 Å². The molecule has 0 unspecified atom stereocenters. The van der Waals surface area contributed by atoms with E-state index in [1.165, 1.54) is 11.0 Å². The van der Waals surface area contributed by atoms with Gasteiger partial charge in [-0.15, -0.1) is 0 Å². The number of aromatic nitrogens is 1. The first kappa shape index (κ1) is 16.6. The standard InChI is InChI=1S/C18H18N4O3/c1-18(2,3)22-15(23)12-8-7-11(10-13(12)16(22)24)20-17(25)21-14-6-4-5-9-19-14/h4-10H,1-3H3,(H2,19,20,21,25). The van der Waals surface area contributed by atoms with Gasteiger partial charge in [0.25, 0.3) is 11.8 Å². The van der Waals surface area contributed by atoms with Crippen molar-refractivity contribution in [3.63, 3.8) is 0 Å². The van der Waals surface area contributed by atoms with Crippen molar-refractivity contribution in [2.75, 3.05) is 10.6 Å². The van der Waals surface area contributed by atoms with Gasteiger partial charge >= 0.3 is 6.03 Å². The second-order valence-corrected chi connectivity index (χ2v) is 6.67. The van der Waals surface area contributed by atoms with Gasteiger partial charge in [-0.2, -0.15) is 0 Å². The van der Waals surface area contributed by atoms with E-state index in [0.717, 1.165) is 0 Å². The predicted octanol–water partition coefficient (Wildman–Crippen LogP) is 3.12. The van der Waals surface area contributed by atoms with E-state index in [1.54, 1.807) is 57.3 Å². The van der Waals surface area contributed by atoms with Crippen LogP contribution in [-0.4, -0.2) is 33.3 Å². The van der Waals surface area contributed by atoms with Gasteiger partial charge in [0.05, 0.1) is 11.1 Å². The zero-order valence-electron chi connectivity index (χ0n) is 14.2. The molecule has 25 heavy (non-hydrogen) atoms. The van der Waals surface area contributed by atoms with Gasteiger partial charge in [0.15, 0.2) is 0 Å². The highest BCUT2D eigenvalue weighted by Crippen LogP contribution is 2.30. The van der Waals surface area contributed by atoms with E-state index in [1.807, 2.05) is 0 Å². The Balaban J connectivity index is 1.79. The summed E-state index contributed by atoms with van der Waals surface area (Å²) < 4.78 is 0. The largest absolute Gasteiger partial charge is 0.324 e. The SMILES string of the molecule is CC(C)(C)N1C(=O)c2ccc(NC(=O)Nc3ccccn3)cc2C1=O. The number of carbonyl (C=O) groups is 3. The third kappa shape index (κ3) is 3.21. The molecule has 2 aromatic rings. The van der Waals surface area contributed by atoms with Crippen molar-refractivity contribution >= 4 is 29.4 Å². The quantitative estimate of drug-likeness (QED) is 0.823. The van der Waals surface area contributed by atoms with Crippen LogP contribution in [0.4, 0.5) is 16.3 Å². The number of hydrogen-bond acceptors (Lipinski definition) is 4. The third-order valence-electron chi connectivity index (χ3n) is 3.72. The molecule has 1 aliphatic heterocycles. The topological polar surface area (TPSA) is 91.4 Å². The second-order valence-electron chi connectivity index (χ2n) is 6.67. The van der Waals surface area contributed by atoms with Crippen LogP contribution in [0.15, 0.2) is 42.6 Å². The minimum absolute atomic E-state index is 0.288. The molecule has 128 valence electrons. The van der Waals surface area contributed by atoms with Gasteiger partial charge in [-0.25, -0.2) is 9.78 Å². The maximum atomic E-state index is 12.5. The minimum atomic E-state index is -0.614. The number of carbonyl (C=O) groups excluding carboxylic acids is 3. The summed E-state index contributed by atoms with van der Waals surface area (Å²) in [6.07, 6.45) is 1.57. The predicted molar refractivity (Wildman–Crippen MR) is 93.6 cm³/mol. The molecule has 7 nitrogen and oxygen atoms in total. The van der Waals surface area contributed by atoms with E-state index >= 15 is 0 Å². The molecule has 0 spiro atoms. The Bertz CT molecular complexity index is 856. The van der Waals surface area contributed by atoms with Crippen molar-refractivity contribution in [3.8, 4) is 0 Å². The Kier molecular flexibility index (Phi) is 4.00. The molecule has 0 saturated heterocycles. The van der Waals surface area contributed by atoms with Gasteiger partial charge in [-0.3, -0.25) is 19.8 Å². The van der Waals surface area contributed by atoms with Crippen LogP contribution in [0.2, 0.25) is 0 Å². The summed E-state index contributed by atoms with van der Waals surface area (Å²) in [6, 6.07) is 9.33. The number of benzene rings is 1. The third-order valence-corrected chi connectivity index (χ3v) is 3.72. The average Bonchev–Trinajstić information content (AvgIpc) is 2.79. The Morgan fingerprint density at radius 1 is 1.00 bits per heavy atom. The lowest BCUT2D eigenvalue weighted by atomic mass is 10.1. The number of fused-ring (bicyclic) bond motifs is 1. The molecule has 0 bridgehead atoms. The van der Waals surface area contributed by atoms with Crippen molar-refractivity contribution in [2.45, 2.75) is 26.3 Å². The van der Waals surface area contributed by atoms with Crippen molar-refractivity contribution in [3.05, 3.63) is 53.7 Å². The van der Waals surface area contributed by atoms with Gasteiger partial charge in [0.2, 0.25) is 0 Å². The van der Waals surface area contributed by atoms with Crippen LogP contribution >= 0.6 is 0 Å². The molecule has 1 aromatic carbocycles. The molecule has 3 rings (SSSR count). The monoisotopic (exact) mass is 338 g/mol. The minimum Gasteiger partial charge on any atom is -0.308 e. The van der Waals surface area contributed by atoms with E-state index < -0.39 is 11.6 Å². The maximum absolute atomic E-state index is 12.5. The number of pyridine rings is 1. The molecule has 2 heterocycles. The fraction of sp³-hybridized carbons (Fsp3) is 0.222. The summed E-state index contributed by atoms with van der Waals surface area (Å²) in [5, 5.41) is 5.22. The smallest absolute Gasteiger partial charge is 0.308 e. The number of nitrogens with one attached hydrogen (secondary N) is 2. The van der Waals surface area contributed by atoms with E-state index in [-0.39, 0.29) is 17.4 Å². The van der Waals surface area contributed by atoms with Gasteiger partial charge in [0.1, 0.15) is 5.82 Å². The zero-order valence-corrected chi connectivity index (χ0v) is 14.2. The van der Waals surface area contributed by atoms with Crippen molar-refractivity contribution in [1.82, 2.24) is 9.88 Å².